The summed E-state index contributed by atoms with van der Waals surface area (Å²) in [5.41, 5.74) is 3.10. The Hall–Kier alpha value is -1.72. The van der Waals surface area contributed by atoms with Crippen molar-refractivity contribution >= 4 is 17.2 Å². The lowest BCUT2D eigenvalue weighted by atomic mass is 10.1. The number of hydrogen-bond acceptors (Lipinski definition) is 4. The molecular formula is C20H27N3OS. The van der Waals surface area contributed by atoms with Crippen molar-refractivity contribution < 1.29 is 4.79 Å². The number of thiazole rings is 1. The van der Waals surface area contributed by atoms with E-state index >= 15 is 0 Å². The summed E-state index contributed by atoms with van der Waals surface area (Å²) in [7, 11) is 0. The number of carbonyl (C=O) groups excluding carboxylic acids is 1. The largest absolute Gasteiger partial charge is 0.347 e. The van der Waals surface area contributed by atoms with E-state index in [0.717, 1.165) is 34.1 Å². The van der Waals surface area contributed by atoms with E-state index in [1.54, 1.807) is 11.3 Å². The van der Waals surface area contributed by atoms with Crippen molar-refractivity contribution in [3.8, 4) is 0 Å². The molecule has 1 saturated heterocycles. The van der Waals surface area contributed by atoms with Gasteiger partial charge in [0.1, 0.15) is 0 Å². The Morgan fingerprint density at radius 2 is 1.92 bits per heavy atom. The molecule has 1 N–H and O–H groups in total. The average molecular weight is 358 g/mol. The Kier molecular flexibility index (Phi) is 6.21. The van der Waals surface area contributed by atoms with Gasteiger partial charge in [0.2, 0.25) is 0 Å². The fourth-order valence-electron chi connectivity index (χ4n) is 3.33. The van der Waals surface area contributed by atoms with Crippen molar-refractivity contribution in [2.45, 2.75) is 52.6 Å². The van der Waals surface area contributed by atoms with Crippen LogP contribution in [0.3, 0.4) is 0 Å². The molecule has 25 heavy (non-hydrogen) atoms. The highest BCUT2D eigenvalue weighted by Gasteiger charge is 2.12. The van der Waals surface area contributed by atoms with Crippen molar-refractivity contribution in [1.29, 1.82) is 0 Å². The molecule has 134 valence electrons. The van der Waals surface area contributed by atoms with Gasteiger partial charge in [-0.1, -0.05) is 25.5 Å². The summed E-state index contributed by atoms with van der Waals surface area (Å²) in [5, 5.41) is 4.08. The van der Waals surface area contributed by atoms with Crippen LogP contribution in [-0.2, 0) is 19.5 Å². The summed E-state index contributed by atoms with van der Waals surface area (Å²) in [5.74, 6) is -0.0161. The lowest BCUT2D eigenvalue weighted by Gasteiger charge is -2.26. The topological polar surface area (TPSA) is 45.2 Å². The summed E-state index contributed by atoms with van der Waals surface area (Å²) < 4.78 is 0. The quantitative estimate of drug-likeness (QED) is 0.852. The van der Waals surface area contributed by atoms with Crippen LogP contribution in [0.1, 0.15) is 57.7 Å². The lowest BCUT2D eigenvalue weighted by Crippen LogP contribution is -2.29. The Balaban J connectivity index is 1.55. The first-order valence-electron chi connectivity index (χ1n) is 9.20. The van der Waals surface area contributed by atoms with Gasteiger partial charge >= 0.3 is 0 Å². The molecule has 1 aliphatic rings. The van der Waals surface area contributed by atoms with Crippen LogP contribution in [0.15, 0.2) is 24.3 Å². The Labute approximate surface area is 154 Å². The summed E-state index contributed by atoms with van der Waals surface area (Å²) in [6.07, 6.45) is 4.87. The maximum atomic E-state index is 12.4. The van der Waals surface area contributed by atoms with E-state index < -0.39 is 0 Å². The first-order chi connectivity index (χ1) is 12.2. The molecule has 0 saturated carbocycles. The number of nitrogens with one attached hydrogen (secondary N) is 1. The summed E-state index contributed by atoms with van der Waals surface area (Å²) >= 11 is 1.67. The number of rotatable bonds is 6. The van der Waals surface area contributed by atoms with Crippen LogP contribution in [0, 0.1) is 6.92 Å². The van der Waals surface area contributed by atoms with Crippen LogP contribution in [0.25, 0.3) is 0 Å². The van der Waals surface area contributed by atoms with Gasteiger partial charge in [0, 0.05) is 17.0 Å². The summed E-state index contributed by atoms with van der Waals surface area (Å²) in [4.78, 5) is 20.6. The molecule has 0 unspecified atom stereocenters. The smallest absolute Gasteiger partial charge is 0.251 e. The summed E-state index contributed by atoms with van der Waals surface area (Å²) in [6, 6.07) is 8.04. The second-order valence-corrected chi connectivity index (χ2v) is 7.96. The number of hydrogen-bond donors (Lipinski definition) is 1. The van der Waals surface area contributed by atoms with Crippen molar-refractivity contribution in [3.63, 3.8) is 0 Å². The Morgan fingerprint density at radius 3 is 2.60 bits per heavy atom. The number of likely N-dealkylation sites (tertiary alicyclic amines) is 1. The molecule has 2 aromatic rings. The van der Waals surface area contributed by atoms with E-state index in [-0.39, 0.29) is 5.91 Å². The highest BCUT2D eigenvalue weighted by atomic mass is 32.1. The van der Waals surface area contributed by atoms with Crippen LogP contribution in [0.2, 0.25) is 0 Å². The number of aryl methyl sites for hydroxylation is 2. The predicted molar refractivity (Wildman–Crippen MR) is 103 cm³/mol. The second-order valence-electron chi connectivity index (χ2n) is 6.67. The number of benzene rings is 1. The fourth-order valence-corrected chi connectivity index (χ4v) is 4.29. The van der Waals surface area contributed by atoms with Crippen molar-refractivity contribution in [2.75, 3.05) is 13.1 Å². The maximum Gasteiger partial charge on any atom is 0.251 e. The van der Waals surface area contributed by atoms with Crippen molar-refractivity contribution in [1.82, 2.24) is 15.2 Å². The van der Waals surface area contributed by atoms with E-state index in [4.69, 9.17) is 0 Å². The fraction of sp³-hybridized carbons (Fsp3) is 0.500. The van der Waals surface area contributed by atoms with E-state index in [1.165, 1.54) is 37.9 Å². The third-order valence-corrected chi connectivity index (χ3v) is 5.71. The number of nitrogens with zero attached hydrogens (tertiary/aromatic N) is 2. The van der Waals surface area contributed by atoms with Crippen LogP contribution < -0.4 is 5.32 Å². The van der Waals surface area contributed by atoms with Crippen LogP contribution in [0.5, 0.6) is 0 Å². The third-order valence-electron chi connectivity index (χ3n) is 4.70. The Bertz CT molecular complexity index is 702. The van der Waals surface area contributed by atoms with Crippen LogP contribution in [0.4, 0.5) is 0 Å². The van der Waals surface area contributed by atoms with Gasteiger partial charge in [0.05, 0.1) is 17.2 Å². The molecule has 0 spiro atoms. The minimum atomic E-state index is -0.0161. The molecule has 4 nitrogen and oxygen atoms in total. The number of piperidine rings is 1. The predicted octanol–water partition coefficient (Wildman–Crippen LogP) is 3.93. The molecule has 3 rings (SSSR count). The minimum absolute atomic E-state index is 0.0161. The van der Waals surface area contributed by atoms with Crippen molar-refractivity contribution in [2.24, 2.45) is 0 Å². The van der Waals surface area contributed by atoms with Gasteiger partial charge < -0.3 is 5.32 Å². The molecule has 0 radical (unpaired) electrons. The molecule has 2 heterocycles. The SMILES string of the molecule is CCc1nc(C)sc1CNC(=O)c1ccc(CN2CCCCC2)cc1. The monoisotopic (exact) mass is 357 g/mol. The molecule has 0 atom stereocenters. The van der Waals surface area contributed by atoms with Crippen LogP contribution in [-0.4, -0.2) is 28.9 Å². The zero-order valence-electron chi connectivity index (χ0n) is 15.2. The van der Waals surface area contributed by atoms with Gasteiger partial charge in [-0.3, -0.25) is 9.69 Å². The first-order valence-corrected chi connectivity index (χ1v) is 10.0. The molecule has 0 aliphatic carbocycles. The zero-order valence-corrected chi connectivity index (χ0v) is 16.0. The zero-order chi connectivity index (χ0) is 17.6. The second kappa shape index (κ2) is 8.59. The van der Waals surface area contributed by atoms with Crippen molar-refractivity contribution in [3.05, 3.63) is 51.0 Å². The van der Waals surface area contributed by atoms with Crippen LogP contribution >= 0.6 is 11.3 Å². The van der Waals surface area contributed by atoms with Gasteiger partial charge in [0.15, 0.2) is 0 Å². The normalized spacial score (nSPS) is 15.3. The number of aromatic nitrogens is 1. The Morgan fingerprint density at radius 1 is 1.20 bits per heavy atom. The molecule has 0 bridgehead atoms. The maximum absolute atomic E-state index is 12.4. The molecule has 1 aromatic heterocycles. The van der Waals surface area contributed by atoms with Gasteiger partial charge in [-0.05, 0) is 57.0 Å². The number of carbonyl (C=O) groups is 1. The lowest BCUT2D eigenvalue weighted by molar-refractivity contribution is 0.0951. The molecule has 1 aliphatic heterocycles. The van der Waals surface area contributed by atoms with E-state index in [0.29, 0.717) is 6.54 Å². The van der Waals surface area contributed by atoms with E-state index in [1.807, 2.05) is 19.1 Å². The third kappa shape index (κ3) is 4.89. The molecule has 1 fully saturated rings. The van der Waals surface area contributed by atoms with Gasteiger partial charge in [-0.25, -0.2) is 4.98 Å². The van der Waals surface area contributed by atoms with E-state index in [2.05, 4.69) is 34.3 Å². The standard InChI is InChI=1S/C20H27N3OS/c1-3-18-19(25-15(2)22-18)13-21-20(24)17-9-7-16(8-10-17)14-23-11-5-4-6-12-23/h7-10H,3-6,11-14H2,1-2H3,(H,21,24). The number of amides is 1. The molecular weight excluding hydrogens is 330 g/mol. The molecule has 1 aromatic carbocycles. The highest BCUT2D eigenvalue weighted by Crippen LogP contribution is 2.18. The molecule has 5 heteroatoms. The molecule has 1 amide bonds. The minimum Gasteiger partial charge on any atom is -0.347 e. The van der Waals surface area contributed by atoms with E-state index in [9.17, 15) is 4.79 Å². The van der Waals surface area contributed by atoms with Gasteiger partial charge in [-0.15, -0.1) is 11.3 Å². The highest BCUT2D eigenvalue weighted by molar-refractivity contribution is 7.11. The van der Waals surface area contributed by atoms with Gasteiger partial charge in [0.25, 0.3) is 5.91 Å². The average Bonchev–Trinajstić information content (AvgIpc) is 3.01. The van der Waals surface area contributed by atoms with Gasteiger partial charge in [-0.2, -0.15) is 0 Å². The first kappa shape index (κ1) is 18.1. The summed E-state index contributed by atoms with van der Waals surface area (Å²) in [6.45, 7) is 8.04.